The van der Waals surface area contributed by atoms with Gasteiger partial charge in [0.15, 0.2) is 18.2 Å². The second-order valence-electron chi connectivity index (χ2n) is 6.10. The molecule has 0 fully saturated rings. The van der Waals surface area contributed by atoms with Crippen LogP contribution in [0.1, 0.15) is 46.9 Å². The Balaban J connectivity index is 1.93. The quantitative estimate of drug-likeness (QED) is 0.533. The molecule has 3 heterocycles. The first-order valence-corrected chi connectivity index (χ1v) is 9.52. The predicted molar refractivity (Wildman–Crippen MR) is 101 cm³/mol. The molecule has 0 radical (unpaired) electrons. The van der Waals surface area contributed by atoms with Crippen molar-refractivity contribution >= 4 is 27.5 Å². The number of nitrogens with zero attached hydrogens (tertiary/aromatic N) is 2. The van der Waals surface area contributed by atoms with E-state index in [2.05, 4.69) is 29.0 Å². The summed E-state index contributed by atoms with van der Waals surface area (Å²) < 4.78 is 7.03. The number of pyridine rings is 1. The Labute approximate surface area is 155 Å². The number of fused-ring (bicyclic) bond motifs is 1. The Morgan fingerprint density at radius 2 is 2.04 bits per heavy atom. The minimum atomic E-state index is -0.408. The minimum absolute atomic E-state index is 0.225. The van der Waals surface area contributed by atoms with Crippen LogP contribution in [0.25, 0.3) is 10.2 Å². The average molecular weight is 372 g/mol. The van der Waals surface area contributed by atoms with E-state index in [1.165, 1.54) is 16.9 Å². The third-order valence-electron chi connectivity index (χ3n) is 4.14. The first kappa shape index (κ1) is 18.3. The van der Waals surface area contributed by atoms with Gasteiger partial charge in [-0.2, -0.15) is 4.57 Å². The van der Waals surface area contributed by atoms with Gasteiger partial charge in [0.1, 0.15) is 9.71 Å². The van der Waals surface area contributed by atoms with Crippen molar-refractivity contribution in [1.82, 2.24) is 9.97 Å². The largest absolute Gasteiger partial charge is 0.462 e. The zero-order valence-electron chi connectivity index (χ0n) is 15.2. The molecule has 1 N–H and O–H groups in total. The van der Waals surface area contributed by atoms with Crippen LogP contribution in [0.4, 0.5) is 0 Å². The first-order valence-electron chi connectivity index (χ1n) is 8.70. The molecule has 136 valence electrons. The first-order chi connectivity index (χ1) is 12.5. The van der Waals surface area contributed by atoms with E-state index in [4.69, 9.17) is 4.74 Å². The Morgan fingerprint density at radius 1 is 1.31 bits per heavy atom. The highest BCUT2D eigenvalue weighted by Crippen LogP contribution is 2.27. The normalized spacial score (nSPS) is 11.0. The second kappa shape index (κ2) is 7.78. The number of hydrogen-bond donors (Lipinski definition) is 1. The summed E-state index contributed by atoms with van der Waals surface area (Å²) in [6, 6.07) is 4.16. The van der Waals surface area contributed by atoms with Crippen molar-refractivity contribution in [1.29, 1.82) is 0 Å². The van der Waals surface area contributed by atoms with Crippen LogP contribution in [0.2, 0.25) is 0 Å². The lowest BCUT2D eigenvalue weighted by Gasteiger charge is -2.00. The number of carbonyl (C=O) groups excluding carboxylic acids is 1. The molecule has 3 aromatic heterocycles. The predicted octanol–water partition coefficient (Wildman–Crippen LogP) is 2.76. The van der Waals surface area contributed by atoms with E-state index in [1.807, 2.05) is 17.0 Å². The molecular formula is C19H22N3O3S+. The zero-order chi connectivity index (χ0) is 18.7. The molecule has 0 unspecified atom stereocenters. The number of hydrogen-bond acceptors (Lipinski definition) is 5. The SMILES string of the molecule is CCCc1cc[n+](Cc2nc3sc(C(=O)OCC)c(C)c3c(=O)[nH]2)cc1. The third-order valence-corrected chi connectivity index (χ3v) is 5.31. The Kier molecular flexibility index (Phi) is 5.46. The van der Waals surface area contributed by atoms with Crippen molar-refractivity contribution in [3.05, 3.63) is 56.7 Å². The molecule has 26 heavy (non-hydrogen) atoms. The molecule has 0 bridgehead atoms. The molecule has 3 aromatic rings. The molecule has 6 nitrogen and oxygen atoms in total. The van der Waals surface area contributed by atoms with Crippen LogP contribution in [0.15, 0.2) is 29.3 Å². The van der Waals surface area contributed by atoms with Crippen molar-refractivity contribution in [2.24, 2.45) is 0 Å². The van der Waals surface area contributed by atoms with Crippen LogP contribution in [0.5, 0.6) is 0 Å². The summed E-state index contributed by atoms with van der Waals surface area (Å²) >= 11 is 1.20. The summed E-state index contributed by atoms with van der Waals surface area (Å²) in [7, 11) is 0. The van der Waals surface area contributed by atoms with Crippen LogP contribution in [-0.2, 0) is 17.7 Å². The minimum Gasteiger partial charge on any atom is -0.462 e. The number of rotatable bonds is 6. The lowest BCUT2D eigenvalue weighted by Crippen LogP contribution is -2.35. The Hall–Kier alpha value is -2.54. The number of H-pyrrole nitrogens is 1. The summed E-state index contributed by atoms with van der Waals surface area (Å²) in [6.07, 6.45) is 6.13. The van der Waals surface area contributed by atoms with Gasteiger partial charge >= 0.3 is 5.97 Å². The van der Waals surface area contributed by atoms with Crippen molar-refractivity contribution in [3.8, 4) is 0 Å². The molecule has 0 amide bonds. The molecule has 0 saturated carbocycles. The van der Waals surface area contributed by atoms with Crippen molar-refractivity contribution in [3.63, 3.8) is 0 Å². The van der Waals surface area contributed by atoms with Crippen LogP contribution in [0.3, 0.4) is 0 Å². The van der Waals surface area contributed by atoms with Crippen molar-refractivity contribution in [2.45, 2.75) is 40.2 Å². The van der Waals surface area contributed by atoms with Gasteiger partial charge in [0.25, 0.3) is 5.56 Å². The maximum atomic E-state index is 12.5. The molecule has 0 aliphatic heterocycles. The smallest absolute Gasteiger partial charge is 0.348 e. The monoisotopic (exact) mass is 372 g/mol. The maximum Gasteiger partial charge on any atom is 0.348 e. The average Bonchev–Trinajstić information content (AvgIpc) is 2.94. The van der Waals surface area contributed by atoms with E-state index in [-0.39, 0.29) is 5.56 Å². The van der Waals surface area contributed by atoms with Crippen LogP contribution in [0, 0.1) is 6.92 Å². The number of thiophene rings is 1. The number of carbonyl (C=O) groups is 1. The molecule has 0 aliphatic rings. The lowest BCUT2D eigenvalue weighted by molar-refractivity contribution is -0.689. The van der Waals surface area contributed by atoms with Gasteiger partial charge in [-0.25, -0.2) is 9.78 Å². The van der Waals surface area contributed by atoms with E-state index < -0.39 is 5.97 Å². The van der Waals surface area contributed by atoms with Crippen molar-refractivity contribution in [2.75, 3.05) is 6.61 Å². The molecule has 0 saturated heterocycles. The van der Waals surface area contributed by atoms with Crippen LogP contribution < -0.4 is 10.1 Å². The number of aromatic nitrogens is 3. The van der Waals surface area contributed by atoms with E-state index in [0.29, 0.717) is 39.6 Å². The van der Waals surface area contributed by atoms with Crippen LogP contribution in [-0.4, -0.2) is 22.5 Å². The van der Waals surface area contributed by atoms with E-state index in [0.717, 1.165) is 12.8 Å². The third kappa shape index (κ3) is 3.67. The van der Waals surface area contributed by atoms with Gasteiger partial charge in [0.05, 0.1) is 12.0 Å². The molecule has 0 atom stereocenters. The van der Waals surface area contributed by atoms with Gasteiger partial charge in [-0.1, -0.05) is 13.3 Å². The number of ether oxygens (including phenoxy) is 1. The standard InChI is InChI=1S/C19H21N3O3S/c1-4-6-13-7-9-22(10-8-13)11-14-20-17(23)15-12(3)16(19(24)25-5-2)26-18(15)21-14/h7-10H,4-6,11H2,1-3H3/p+1. The van der Waals surface area contributed by atoms with Gasteiger partial charge in [-0.15, -0.1) is 11.3 Å². The van der Waals surface area contributed by atoms with E-state index in [9.17, 15) is 9.59 Å². The van der Waals surface area contributed by atoms with E-state index in [1.54, 1.807) is 13.8 Å². The van der Waals surface area contributed by atoms with Gasteiger partial charge in [-0.3, -0.25) is 4.79 Å². The summed E-state index contributed by atoms with van der Waals surface area (Å²) in [5, 5.41) is 0.463. The fraction of sp³-hybridized carbons (Fsp3) is 0.368. The van der Waals surface area contributed by atoms with Crippen LogP contribution >= 0.6 is 11.3 Å². The fourth-order valence-electron chi connectivity index (χ4n) is 2.88. The topological polar surface area (TPSA) is 75.9 Å². The number of nitrogens with one attached hydrogen (secondary N) is 1. The summed E-state index contributed by atoms with van der Waals surface area (Å²) in [5.74, 6) is 0.155. The molecule has 3 rings (SSSR count). The summed E-state index contributed by atoms with van der Waals surface area (Å²) in [4.78, 5) is 32.9. The number of aryl methyl sites for hydroxylation is 2. The molecule has 0 aliphatic carbocycles. The number of esters is 1. The Morgan fingerprint density at radius 3 is 2.69 bits per heavy atom. The summed E-state index contributed by atoms with van der Waals surface area (Å²) in [6.45, 7) is 6.42. The second-order valence-corrected chi connectivity index (χ2v) is 7.10. The van der Waals surface area contributed by atoms with Gasteiger partial charge in [0, 0.05) is 12.1 Å². The fourth-order valence-corrected chi connectivity index (χ4v) is 3.97. The summed E-state index contributed by atoms with van der Waals surface area (Å²) in [5.41, 5.74) is 1.69. The van der Waals surface area contributed by atoms with Crippen molar-refractivity contribution < 1.29 is 14.1 Å². The highest BCUT2D eigenvalue weighted by Gasteiger charge is 2.20. The highest BCUT2D eigenvalue weighted by molar-refractivity contribution is 7.20. The molecule has 0 spiro atoms. The van der Waals surface area contributed by atoms with Gasteiger partial charge < -0.3 is 9.72 Å². The molecule has 0 aromatic carbocycles. The molecule has 7 heteroatoms. The maximum absolute atomic E-state index is 12.5. The number of aromatic amines is 1. The lowest BCUT2D eigenvalue weighted by atomic mass is 10.1. The zero-order valence-corrected chi connectivity index (χ0v) is 16.0. The van der Waals surface area contributed by atoms with E-state index >= 15 is 0 Å². The Bertz CT molecular complexity index is 990. The highest BCUT2D eigenvalue weighted by atomic mass is 32.1. The molecular weight excluding hydrogens is 350 g/mol. The van der Waals surface area contributed by atoms with Gasteiger partial charge in [-0.05, 0) is 31.4 Å². The van der Waals surface area contributed by atoms with Gasteiger partial charge in [0.2, 0.25) is 6.54 Å².